The Hall–Kier alpha value is -1.10. The van der Waals surface area contributed by atoms with E-state index in [1.54, 1.807) is 0 Å². The van der Waals surface area contributed by atoms with Crippen molar-refractivity contribution in [2.45, 2.75) is 19.4 Å². The monoisotopic (exact) mass is 298 g/mol. The van der Waals surface area contributed by atoms with Crippen molar-refractivity contribution in [2.24, 2.45) is 11.7 Å². The average Bonchev–Trinajstić information content (AvgIpc) is 2.75. The molecule has 4 nitrogen and oxygen atoms in total. The molecule has 2 unspecified atom stereocenters. The zero-order chi connectivity index (χ0) is 13.7. The second-order valence-corrected chi connectivity index (χ2v) is 5.02. The zero-order valence-electron chi connectivity index (χ0n) is 11.8. The molecule has 1 aromatic carbocycles. The Morgan fingerprint density at radius 3 is 2.65 bits per heavy atom. The number of nitrogens with zero attached hydrogens (tertiary/aromatic N) is 1. The van der Waals surface area contributed by atoms with E-state index >= 15 is 0 Å². The van der Waals surface area contributed by atoms with E-state index in [1.165, 1.54) is 0 Å². The third-order valence-electron chi connectivity index (χ3n) is 3.65. The van der Waals surface area contributed by atoms with Crippen LogP contribution in [0.5, 0.6) is 0 Å². The van der Waals surface area contributed by atoms with Crippen LogP contribution in [0.3, 0.4) is 0 Å². The first kappa shape index (κ1) is 17.0. The van der Waals surface area contributed by atoms with E-state index in [1.807, 2.05) is 42.2 Å². The van der Waals surface area contributed by atoms with Crippen molar-refractivity contribution in [1.82, 2.24) is 4.90 Å². The number of halogens is 1. The molecule has 112 valence electrons. The Labute approximate surface area is 126 Å². The molecule has 2 rings (SSSR count). The van der Waals surface area contributed by atoms with Crippen LogP contribution in [0.4, 0.5) is 0 Å². The van der Waals surface area contributed by atoms with Crippen LogP contribution in [0.1, 0.15) is 24.9 Å². The highest BCUT2D eigenvalue weighted by atomic mass is 35.5. The van der Waals surface area contributed by atoms with Gasteiger partial charge in [0.1, 0.15) is 0 Å². The first-order valence-corrected chi connectivity index (χ1v) is 6.87. The molecule has 1 aromatic rings. The molecule has 1 heterocycles. The van der Waals surface area contributed by atoms with Crippen LogP contribution >= 0.6 is 12.4 Å². The number of rotatable bonds is 3. The molecular weight excluding hydrogens is 276 g/mol. The van der Waals surface area contributed by atoms with Crippen LogP contribution in [0.2, 0.25) is 0 Å². The van der Waals surface area contributed by atoms with Crippen LogP contribution in [0.15, 0.2) is 30.3 Å². The van der Waals surface area contributed by atoms with Gasteiger partial charge in [0, 0.05) is 25.7 Å². The smallest absolute Gasteiger partial charge is 0.227 e. The van der Waals surface area contributed by atoms with Gasteiger partial charge in [-0.2, -0.15) is 0 Å². The summed E-state index contributed by atoms with van der Waals surface area (Å²) in [5.41, 5.74) is 7.22. The predicted molar refractivity (Wildman–Crippen MR) is 81.8 cm³/mol. The maximum atomic E-state index is 12.5. The summed E-state index contributed by atoms with van der Waals surface area (Å²) < 4.78 is 5.37. The van der Waals surface area contributed by atoms with E-state index in [9.17, 15) is 4.79 Å². The quantitative estimate of drug-likeness (QED) is 0.928. The molecule has 2 atom stereocenters. The Bertz CT molecular complexity index is 406. The molecule has 20 heavy (non-hydrogen) atoms. The molecule has 0 aliphatic carbocycles. The van der Waals surface area contributed by atoms with Gasteiger partial charge in [-0.3, -0.25) is 4.79 Å². The minimum absolute atomic E-state index is 0. The number of ether oxygens (including phenoxy) is 1. The third kappa shape index (κ3) is 4.20. The molecule has 0 aromatic heterocycles. The van der Waals surface area contributed by atoms with Gasteiger partial charge in [-0.1, -0.05) is 37.3 Å². The summed E-state index contributed by atoms with van der Waals surface area (Å²) in [4.78, 5) is 14.3. The molecule has 0 bridgehead atoms. The molecule has 1 saturated heterocycles. The second-order valence-electron chi connectivity index (χ2n) is 5.02. The number of amides is 1. The van der Waals surface area contributed by atoms with Gasteiger partial charge >= 0.3 is 0 Å². The molecule has 1 aliphatic rings. The zero-order valence-corrected chi connectivity index (χ0v) is 12.6. The first-order chi connectivity index (χ1) is 9.20. The molecule has 5 heteroatoms. The maximum Gasteiger partial charge on any atom is 0.227 e. The van der Waals surface area contributed by atoms with E-state index in [0.717, 1.165) is 25.1 Å². The lowest BCUT2D eigenvalue weighted by Crippen LogP contribution is -2.40. The molecule has 0 spiro atoms. The standard InChI is InChI=1S/C15H22N2O2.ClH/c1-12(14(16)13-6-3-2-4-7-13)15(18)17-8-5-10-19-11-9-17;/h2-4,6-7,12,14H,5,8-11,16H2,1H3;1H. The van der Waals surface area contributed by atoms with Gasteiger partial charge in [0.2, 0.25) is 5.91 Å². The van der Waals surface area contributed by atoms with Gasteiger partial charge < -0.3 is 15.4 Å². The van der Waals surface area contributed by atoms with Crippen LogP contribution in [0.25, 0.3) is 0 Å². The number of hydrogen-bond donors (Lipinski definition) is 1. The van der Waals surface area contributed by atoms with Crippen molar-refractivity contribution < 1.29 is 9.53 Å². The van der Waals surface area contributed by atoms with Gasteiger partial charge in [-0.15, -0.1) is 12.4 Å². The third-order valence-corrected chi connectivity index (χ3v) is 3.65. The average molecular weight is 299 g/mol. The number of carbonyl (C=O) groups excluding carboxylic acids is 1. The topological polar surface area (TPSA) is 55.6 Å². The second kappa shape index (κ2) is 8.25. The summed E-state index contributed by atoms with van der Waals surface area (Å²) >= 11 is 0. The fourth-order valence-corrected chi connectivity index (χ4v) is 2.37. The maximum absolute atomic E-state index is 12.5. The summed E-state index contributed by atoms with van der Waals surface area (Å²) in [5, 5.41) is 0. The van der Waals surface area contributed by atoms with E-state index in [-0.39, 0.29) is 30.3 Å². The normalized spacial score (nSPS) is 18.6. The summed E-state index contributed by atoms with van der Waals surface area (Å²) in [6.07, 6.45) is 0.902. The van der Waals surface area contributed by atoms with E-state index in [2.05, 4.69) is 0 Å². The minimum Gasteiger partial charge on any atom is -0.380 e. The van der Waals surface area contributed by atoms with Crippen LogP contribution in [-0.4, -0.2) is 37.1 Å². The van der Waals surface area contributed by atoms with Crippen molar-refractivity contribution >= 4 is 18.3 Å². The van der Waals surface area contributed by atoms with Gasteiger partial charge in [0.25, 0.3) is 0 Å². The van der Waals surface area contributed by atoms with Crippen LogP contribution < -0.4 is 5.73 Å². The lowest BCUT2D eigenvalue weighted by molar-refractivity contribution is -0.135. The summed E-state index contributed by atoms with van der Waals surface area (Å²) in [5.74, 6) is -0.0812. The predicted octanol–water partition coefficient (Wildman–Crippen LogP) is 1.99. The van der Waals surface area contributed by atoms with E-state index < -0.39 is 0 Å². The number of benzene rings is 1. The number of nitrogens with two attached hydrogens (primary N) is 1. The molecule has 1 aliphatic heterocycles. The highest BCUT2D eigenvalue weighted by molar-refractivity contribution is 5.85. The minimum atomic E-state index is -0.252. The van der Waals surface area contributed by atoms with Crippen molar-refractivity contribution in [3.63, 3.8) is 0 Å². The first-order valence-electron chi connectivity index (χ1n) is 6.87. The Morgan fingerprint density at radius 1 is 1.25 bits per heavy atom. The van der Waals surface area contributed by atoms with Crippen molar-refractivity contribution in [3.8, 4) is 0 Å². The molecule has 2 N–H and O–H groups in total. The lowest BCUT2D eigenvalue weighted by Gasteiger charge is -2.27. The Balaban J connectivity index is 0.00000200. The Kier molecular flexibility index (Phi) is 6.99. The van der Waals surface area contributed by atoms with E-state index in [0.29, 0.717) is 13.2 Å². The summed E-state index contributed by atoms with van der Waals surface area (Å²) in [6.45, 7) is 4.71. The number of carbonyl (C=O) groups is 1. The summed E-state index contributed by atoms with van der Waals surface area (Å²) in [6, 6.07) is 9.55. The number of hydrogen-bond acceptors (Lipinski definition) is 3. The largest absolute Gasteiger partial charge is 0.380 e. The van der Waals surface area contributed by atoms with Crippen LogP contribution in [-0.2, 0) is 9.53 Å². The highest BCUT2D eigenvalue weighted by Crippen LogP contribution is 2.21. The van der Waals surface area contributed by atoms with E-state index in [4.69, 9.17) is 10.5 Å². The van der Waals surface area contributed by atoms with Gasteiger partial charge in [0.05, 0.1) is 12.5 Å². The highest BCUT2D eigenvalue weighted by Gasteiger charge is 2.27. The summed E-state index contributed by atoms with van der Waals surface area (Å²) in [7, 11) is 0. The molecule has 1 fully saturated rings. The fourth-order valence-electron chi connectivity index (χ4n) is 2.37. The van der Waals surface area contributed by atoms with Crippen molar-refractivity contribution in [1.29, 1.82) is 0 Å². The molecule has 0 saturated carbocycles. The SMILES string of the molecule is CC(C(=O)N1CCCOCC1)C(N)c1ccccc1.Cl. The van der Waals surface area contributed by atoms with Gasteiger partial charge in [-0.25, -0.2) is 0 Å². The lowest BCUT2D eigenvalue weighted by atomic mass is 9.94. The molecule has 0 radical (unpaired) electrons. The fraction of sp³-hybridized carbons (Fsp3) is 0.533. The van der Waals surface area contributed by atoms with Gasteiger partial charge in [0.15, 0.2) is 0 Å². The molecule has 1 amide bonds. The van der Waals surface area contributed by atoms with Crippen LogP contribution in [0, 0.1) is 5.92 Å². The van der Waals surface area contributed by atoms with Crippen molar-refractivity contribution in [2.75, 3.05) is 26.3 Å². The van der Waals surface area contributed by atoms with Gasteiger partial charge in [-0.05, 0) is 12.0 Å². The molecular formula is C15H23ClN2O2. The Morgan fingerprint density at radius 2 is 1.95 bits per heavy atom. The van der Waals surface area contributed by atoms with Crippen molar-refractivity contribution in [3.05, 3.63) is 35.9 Å².